The standard InChI is InChI=1S/C20H29N5O3/c1-14(2)17(26)18-22-21-16-5-4-15(12-25(16)18)19(27)24-9-8-23(3)20(13-24)6-10-28-11-7-20/h4-5,12,14,17,26H,6-11,13H2,1-3H3. The van der Waals surface area contributed by atoms with Crippen LogP contribution in [0.1, 0.15) is 49.0 Å². The second-order valence-corrected chi connectivity index (χ2v) is 8.38. The van der Waals surface area contributed by atoms with Gasteiger partial charge in [0.15, 0.2) is 11.5 Å². The maximum absolute atomic E-state index is 13.3. The van der Waals surface area contributed by atoms with Crippen molar-refractivity contribution < 1.29 is 14.6 Å². The predicted octanol–water partition coefficient (Wildman–Crippen LogP) is 1.36. The second-order valence-electron chi connectivity index (χ2n) is 8.38. The molecule has 0 radical (unpaired) electrons. The fraction of sp³-hybridized carbons (Fsp3) is 0.650. The maximum Gasteiger partial charge on any atom is 0.255 e. The molecule has 8 nitrogen and oxygen atoms in total. The molecule has 0 aliphatic carbocycles. The highest BCUT2D eigenvalue weighted by Gasteiger charge is 2.42. The number of aliphatic hydroxyl groups excluding tert-OH is 1. The van der Waals surface area contributed by atoms with Gasteiger partial charge in [0.05, 0.1) is 5.56 Å². The Morgan fingerprint density at radius 2 is 1.96 bits per heavy atom. The van der Waals surface area contributed by atoms with Crippen molar-refractivity contribution in [3.8, 4) is 0 Å². The van der Waals surface area contributed by atoms with Crippen molar-refractivity contribution in [2.45, 2.75) is 38.3 Å². The number of piperazine rings is 1. The molecule has 2 saturated heterocycles. The molecule has 2 fully saturated rings. The Labute approximate surface area is 165 Å². The van der Waals surface area contributed by atoms with Crippen LogP contribution in [0.25, 0.3) is 5.65 Å². The number of carbonyl (C=O) groups excluding carboxylic acids is 1. The van der Waals surface area contributed by atoms with Crippen LogP contribution >= 0.6 is 0 Å². The Hall–Kier alpha value is -2.03. The van der Waals surface area contributed by atoms with Crippen LogP contribution in [-0.4, -0.2) is 80.8 Å². The molecule has 0 bridgehead atoms. The zero-order valence-electron chi connectivity index (χ0n) is 16.8. The SMILES string of the molecule is CC(C)C(O)c1nnc2ccc(C(=O)N3CCN(C)C4(CCOCC4)C3)cn12. The first-order valence-corrected chi connectivity index (χ1v) is 10.0. The highest BCUT2D eigenvalue weighted by atomic mass is 16.5. The van der Waals surface area contributed by atoms with E-state index in [0.29, 0.717) is 30.1 Å². The average molecular weight is 387 g/mol. The van der Waals surface area contributed by atoms with E-state index in [1.54, 1.807) is 22.7 Å². The van der Waals surface area contributed by atoms with E-state index in [1.165, 1.54) is 0 Å². The van der Waals surface area contributed by atoms with Crippen molar-refractivity contribution in [1.82, 2.24) is 24.4 Å². The lowest BCUT2D eigenvalue weighted by atomic mass is 9.86. The third-order valence-electron chi connectivity index (χ3n) is 6.28. The van der Waals surface area contributed by atoms with Gasteiger partial charge in [0.25, 0.3) is 5.91 Å². The van der Waals surface area contributed by atoms with Crippen molar-refractivity contribution in [3.05, 3.63) is 29.7 Å². The summed E-state index contributed by atoms with van der Waals surface area (Å²) in [5.41, 5.74) is 1.23. The summed E-state index contributed by atoms with van der Waals surface area (Å²) in [5.74, 6) is 0.497. The van der Waals surface area contributed by atoms with Gasteiger partial charge in [0, 0.05) is 44.6 Å². The van der Waals surface area contributed by atoms with Crippen molar-refractivity contribution in [1.29, 1.82) is 0 Å². The minimum Gasteiger partial charge on any atom is -0.385 e. The number of nitrogens with zero attached hydrogens (tertiary/aromatic N) is 5. The summed E-state index contributed by atoms with van der Waals surface area (Å²) in [6, 6.07) is 3.59. The van der Waals surface area contributed by atoms with E-state index < -0.39 is 6.10 Å². The smallest absolute Gasteiger partial charge is 0.255 e. The number of aliphatic hydroxyl groups is 1. The summed E-state index contributed by atoms with van der Waals surface area (Å²) < 4.78 is 7.28. The Morgan fingerprint density at radius 3 is 2.68 bits per heavy atom. The molecule has 2 aliphatic heterocycles. The highest BCUT2D eigenvalue weighted by Crippen LogP contribution is 2.31. The molecule has 0 saturated carbocycles. The number of likely N-dealkylation sites (N-methyl/N-ethyl adjacent to an activating group) is 1. The average Bonchev–Trinajstić information content (AvgIpc) is 3.12. The van der Waals surface area contributed by atoms with Gasteiger partial charge in [-0.2, -0.15) is 0 Å². The van der Waals surface area contributed by atoms with E-state index in [1.807, 2.05) is 18.7 Å². The Morgan fingerprint density at radius 1 is 1.21 bits per heavy atom. The van der Waals surface area contributed by atoms with Crippen LogP contribution in [0.4, 0.5) is 0 Å². The summed E-state index contributed by atoms with van der Waals surface area (Å²) in [6.45, 7) is 7.63. The molecule has 2 aromatic heterocycles. The third kappa shape index (κ3) is 3.29. The molecular weight excluding hydrogens is 358 g/mol. The molecule has 1 spiro atoms. The quantitative estimate of drug-likeness (QED) is 0.856. The molecule has 1 unspecified atom stereocenters. The number of amides is 1. The normalized spacial score (nSPS) is 21.5. The molecule has 2 aliphatic rings. The number of pyridine rings is 1. The number of fused-ring (bicyclic) bond motifs is 1. The van der Waals surface area contributed by atoms with Gasteiger partial charge in [-0.15, -0.1) is 10.2 Å². The topological polar surface area (TPSA) is 83.2 Å². The van der Waals surface area contributed by atoms with Gasteiger partial charge >= 0.3 is 0 Å². The monoisotopic (exact) mass is 387 g/mol. The number of hydrogen-bond acceptors (Lipinski definition) is 6. The molecule has 1 amide bonds. The molecule has 8 heteroatoms. The number of ether oxygens (including phenoxy) is 1. The van der Waals surface area contributed by atoms with E-state index in [0.717, 1.165) is 32.6 Å². The van der Waals surface area contributed by atoms with E-state index in [9.17, 15) is 9.90 Å². The Kier molecular flexibility index (Phi) is 5.11. The molecule has 4 rings (SSSR count). The first kappa shape index (κ1) is 19.3. The number of hydrogen-bond donors (Lipinski definition) is 1. The lowest BCUT2D eigenvalue weighted by Gasteiger charge is -2.51. The van der Waals surface area contributed by atoms with Gasteiger partial charge in [-0.05, 0) is 37.9 Å². The summed E-state index contributed by atoms with van der Waals surface area (Å²) in [6.07, 6.45) is 2.92. The molecule has 28 heavy (non-hydrogen) atoms. The van der Waals surface area contributed by atoms with Crippen molar-refractivity contribution in [2.24, 2.45) is 5.92 Å². The lowest BCUT2D eigenvalue weighted by molar-refractivity contribution is -0.0543. The molecule has 0 aromatic carbocycles. The zero-order chi connectivity index (χ0) is 19.9. The fourth-order valence-corrected chi connectivity index (χ4v) is 4.24. The van der Waals surface area contributed by atoms with Gasteiger partial charge in [-0.25, -0.2) is 0 Å². The van der Waals surface area contributed by atoms with Crippen LogP contribution in [0.3, 0.4) is 0 Å². The van der Waals surface area contributed by atoms with E-state index in [-0.39, 0.29) is 17.4 Å². The minimum absolute atomic E-state index is 0.00577. The lowest BCUT2D eigenvalue weighted by Crippen LogP contribution is -2.63. The molecule has 2 aromatic rings. The van der Waals surface area contributed by atoms with E-state index in [4.69, 9.17) is 4.74 Å². The summed E-state index contributed by atoms with van der Waals surface area (Å²) >= 11 is 0. The van der Waals surface area contributed by atoms with Crippen LogP contribution in [-0.2, 0) is 4.74 Å². The molecule has 1 atom stereocenters. The Bertz CT molecular complexity index is 859. The van der Waals surface area contributed by atoms with Gasteiger partial charge in [-0.3, -0.25) is 14.1 Å². The minimum atomic E-state index is -0.727. The molecule has 4 heterocycles. The maximum atomic E-state index is 13.3. The van der Waals surface area contributed by atoms with Gasteiger partial charge in [-0.1, -0.05) is 13.8 Å². The first-order chi connectivity index (χ1) is 13.4. The van der Waals surface area contributed by atoms with Crippen LogP contribution in [0.15, 0.2) is 18.3 Å². The second kappa shape index (κ2) is 7.42. The van der Waals surface area contributed by atoms with Crippen LogP contribution in [0.2, 0.25) is 0 Å². The number of rotatable bonds is 3. The molecule has 1 N–H and O–H groups in total. The predicted molar refractivity (Wildman–Crippen MR) is 104 cm³/mol. The fourth-order valence-electron chi connectivity index (χ4n) is 4.24. The Balaban J connectivity index is 1.61. The first-order valence-electron chi connectivity index (χ1n) is 10.0. The van der Waals surface area contributed by atoms with Gasteiger partial charge < -0.3 is 14.7 Å². The van der Waals surface area contributed by atoms with Gasteiger partial charge in [0.1, 0.15) is 6.10 Å². The van der Waals surface area contributed by atoms with E-state index in [2.05, 4.69) is 22.1 Å². The van der Waals surface area contributed by atoms with Crippen molar-refractivity contribution >= 4 is 11.6 Å². The summed E-state index contributed by atoms with van der Waals surface area (Å²) in [7, 11) is 2.15. The number of carbonyl (C=O) groups is 1. The number of aromatic nitrogens is 3. The largest absolute Gasteiger partial charge is 0.385 e. The van der Waals surface area contributed by atoms with E-state index >= 15 is 0 Å². The highest BCUT2D eigenvalue weighted by molar-refractivity contribution is 5.94. The van der Waals surface area contributed by atoms with Crippen LogP contribution in [0.5, 0.6) is 0 Å². The summed E-state index contributed by atoms with van der Waals surface area (Å²) in [4.78, 5) is 17.6. The van der Waals surface area contributed by atoms with Crippen molar-refractivity contribution in [2.75, 3.05) is 39.9 Å². The van der Waals surface area contributed by atoms with Crippen molar-refractivity contribution in [3.63, 3.8) is 0 Å². The zero-order valence-corrected chi connectivity index (χ0v) is 16.8. The van der Waals surface area contributed by atoms with Crippen LogP contribution < -0.4 is 0 Å². The molecule has 152 valence electrons. The van der Waals surface area contributed by atoms with Crippen LogP contribution in [0, 0.1) is 5.92 Å². The van der Waals surface area contributed by atoms with Gasteiger partial charge in [0.2, 0.25) is 0 Å². The third-order valence-corrected chi connectivity index (χ3v) is 6.28. The molecular formula is C20H29N5O3. The summed E-state index contributed by atoms with van der Waals surface area (Å²) in [5, 5.41) is 18.7.